The summed E-state index contributed by atoms with van der Waals surface area (Å²) in [4.78, 5) is 16.4. The van der Waals surface area contributed by atoms with Crippen LogP contribution >= 0.6 is 31.9 Å². The highest BCUT2D eigenvalue weighted by molar-refractivity contribution is 9.11. The first-order valence-corrected chi connectivity index (χ1v) is 8.15. The maximum Gasteiger partial charge on any atom is 0.257 e. The summed E-state index contributed by atoms with van der Waals surface area (Å²) in [5.41, 5.74) is 1.24. The van der Waals surface area contributed by atoms with Crippen LogP contribution in [0.4, 0.5) is 11.5 Å². The van der Waals surface area contributed by atoms with Crippen molar-refractivity contribution in [2.45, 2.75) is 13.3 Å². The highest BCUT2D eigenvalue weighted by Gasteiger charge is 2.09. The maximum atomic E-state index is 12.2. The molecule has 0 unspecified atom stereocenters. The van der Waals surface area contributed by atoms with Crippen LogP contribution in [0.15, 0.2) is 45.5 Å². The van der Waals surface area contributed by atoms with Crippen LogP contribution < -0.4 is 10.6 Å². The Labute approximate surface area is 140 Å². The average Bonchev–Trinajstić information content (AvgIpc) is 2.48. The lowest BCUT2D eigenvalue weighted by molar-refractivity contribution is 0.102. The standard InChI is InChI=1S/C15H15Br2N3O/c1-2-7-18-14-6-3-10(9-19-14)15(21)20-13-5-4-11(16)8-12(13)17/h3-6,8-9H,2,7H2,1H3,(H,18,19)(H,20,21). The van der Waals surface area contributed by atoms with Crippen LogP contribution in [0.2, 0.25) is 0 Å². The van der Waals surface area contributed by atoms with Crippen molar-refractivity contribution >= 4 is 49.3 Å². The summed E-state index contributed by atoms with van der Waals surface area (Å²) in [6.07, 6.45) is 2.60. The Kier molecular flexibility index (Phi) is 5.76. The van der Waals surface area contributed by atoms with Crippen LogP contribution in [0.1, 0.15) is 23.7 Å². The number of halogens is 2. The summed E-state index contributed by atoms with van der Waals surface area (Å²) in [6, 6.07) is 9.15. The molecule has 2 aromatic rings. The van der Waals surface area contributed by atoms with Gasteiger partial charge >= 0.3 is 0 Å². The van der Waals surface area contributed by atoms with Crippen molar-refractivity contribution in [1.29, 1.82) is 0 Å². The zero-order chi connectivity index (χ0) is 15.2. The number of carbonyl (C=O) groups excluding carboxylic acids is 1. The second kappa shape index (κ2) is 7.56. The SMILES string of the molecule is CCCNc1ccc(C(=O)Nc2ccc(Br)cc2Br)cn1. The van der Waals surface area contributed by atoms with Gasteiger partial charge in [-0.15, -0.1) is 0 Å². The van der Waals surface area contributed by atoms with E-state index in [1.807, 2.05) is 18.2 Å². The molecule has 0 bridgehead atoms. The van der Waals surface area contributed by atoms with E-state index in [4.69, 9.17) is 0 Å². The minimum absolute atomic E-state index is 0.187. The van der Waals surface area contributed by atoms with E-state index >= 15 is 0 Å². The van der Waals surface area contributed by atoms with E-state index in [1.165, 1.54) is 0 Å². The molecule has 1 amide bonds. The lowest BCUT2D eigenvalue weighted by atomic mass is 10.2. The average molecular weight is 413 g/mol. The van der Waals surface area contributed by atoms with E-state index in [-0.39, 0.29) is 5.91 Å². The molecule has 4 nitrogen and oxygen atoms in total. The molecule has 0 aliphatic heterocycles. The van der Waals surface area contributed by atoms with E-state index in [0.29, 0.717) is 5.56 Å². The van der Waals surface area contributed by atoms with Crippen molar-refractivity contribution < 1.29 is 4.79 Å². The van der Waals surface area contributed by atoms with Gasteiger partial charge in [0.2, 0.25) is 0 Å². The fourth-order valence-corrected chi connectivity index (χ4v) is 2.82. The van der Waals surface area contributed by atoms with Gasteiger partial charge in [-0.25, -0.2) is 4.98 Å². The molecule has 0 spiro atoms. The molecule has 0 saturated heterocycles. The molecular formula is C15H15Br2N3O. The summed E-state index contributed by atoms with van der Waals surface area (Å²) in [5, 5.41) is 6.02. The van der Waals surface area contributed by atoms with Crippen molar-refractivity contribution in [3.8, 4) is 0 Å². The Balaban J connectivity index is 2.06. The number of carbonyl (C=O) groups is 1. The van der Waals surface area contributed by atoms with E-state index in [0.717, 1.165) is 33.4 Å². The number of amides is 1. The molecule has 0 aliphatic carbocycles. The highest BCUT2D eigenvalue weighted by atomic mass is 79.9. The Morgan fingerprint density at radius 3 is 2.67 bits per heavy atom. The van der Waals surface area contributed by atoms with Crippen molar-refractivity contribution in [3.63, 3.8) is 0 Å². The van der Waals surface area contributed by atoms with Crippen LogP contribution in [0, 0.1) is 0 Å². The number of rotatable bonds is 5. The highest BCUT2D eigenvalue weighted by Crippen LogP contribution is 2.26. The van der Waals surface area contributed by atoms with E-state index in [2.05, 4.69) is 54.4 Å². The molecule has 2 rings (SSSR count). The van der Waals surface area contributed by atoms with Gasteiger partial charge in [-0.05, 0) is 52.7 Å². The Morgan fingerprint density at radius 2 is 2.05 bits per heavy atom. The molecule has 1 aromatic heterocycles. The molecule has 110 valence electrons. The molecule has 1 aromatic carbocycles. The number of nitrogens with one attached hydrogen (secondary N) is 2. The number of hydrogen-bond acceptors (Lipinski definition) is 3. The van der Waals surface area contributed by atoms with Gasteiger partial charge in [-0.2, -0.15) is 0 Å². The lowest BCUT2D eigenvalue weighted by Crippen LogP contribution is -2.13. The lowest BCUT2D eigenvalue weighted by Gasteiger charge is -2.08. The second-order valence-corrected chi connectivity index (χ2v) is 6.21. The minimum Gasteiger partial charge on any atom is -0.370 e. The van der Waals surface area contributed by atoms with E-state index in [9.17, 15) is 4.79 Å². The molecule has 0 radical (unpaired) electrons. The Morgan fingerprint density at radius 1 is 1.24 bits per heavy atom. The first kappa shape index (κ1) is 16.0. The number of pyridine rings is 1. The first-order chi connectivity index (χ1) is 10.1. The molecule has 21 heavy (non-hydrogen) atoms. The van der Waals surface area contributed by atoms with Crippen LogP contribution in [0.25, 0.3) is 0 Å². The van der Waals surface area contributed by atoms with Crippen LogP contribution in [-0.4, -0.2) is 17.4 Å². The summed E-state index contributed by atoms with van der Waals surface area (Å²) in [6.45, 7) is 2.95. The molecule has 0 fully saturated rings. The number of benzene rings is 1. The quantitative estimate of drug-likeness (QED) is 0.749. The third kappa shape index (κ3) is 4.54. The van der Waals surface area contributed by atoms with Crippen molar-refractivity contribution in [2.75, 3.05) is 17.2 Å². The molecule has 2 N–H and O–H groups in total. The van der Waals surface area contributed by atoms with Gasteiger partial charge in [0, 0.05) is 21.7 Å². The Hall–Kier alpha value is -1.40. The van der Waals surface area contributed by atoms with Crippen LogP contribution in [-0.2, 0) is 0 Å². The number of aromatic nitrogens is 1. The van der Waals surface area contributed by atoms with Gasteiger partial charge in [0.05, 0.1) is 11.3 Å². The largest absolute Gasteiger partial charge is 0.370 e. The van der Waals surface area contributed by atoms with Gasteiger partial charge in [-0.3, -0.25) is 4.79 Å². The van der Waals surface area contributed by atoms with Crippen molar-refractivity contribution in [1.82, 2.24) is 4.98 Å². The Bertz CT molecular complexity index is 629. The van der Waals surface area contributed by atoms with Gasteiger partial charge < -0.3 is 10.6 Å². The van der Waals surface area contributed by atoms with Gasteiger partial charge in [0.15, 0.2) is 0 Å². The molecule has 6 heteroatoms. The number of hydrogen-bond donors (Lipinski definition) is 2. The zero-order valence-electron chi connectivity index (χ0n) is 11.5. The zero-order valence-corrected chi connectivity index (χ0v) is 14.7. The normalized spacial score (nSPS) is 10.2. The third-order valence-corrected chi connectivity index (χ3v) is 3.91. The van der Waals surface area contributed by atoms with Gasteiger partial charge in [0.1, 0.15) is 5.82 Å². The molecule has 0 saturated carbocycles. The van der Waals surface area contributed by atoms with Crippen LogP contribution in [0.5, 0.6) is 0 Å². The third-order valence-electron chi connectivity index (χ3n) is 2.76. The predicted molar refractivity (Wildman–Crippen MR) is 92.8 cm³/mol. The smallest absolute Gasteiger partial charge is 0.257 e. The number of anilines is 2. The molecule has 1 heterocycles. The van der Waals surface area contributed by atoms with Crippen molar-refractivity contribution in [3.05, 3.63) is 51.0 Å². The summed E-state index contributed by atoms with van der Waals surface area (Å²) < 4.78 is 1.76. The summed E-state index contributed by atoms with van der Waals surface area (Å²) >= 11 is 6.79. The topological polar surface area (TPSA) is 54.0 Å². The van der Waals surface area contributed by atoms with Gasteiger partial charge in [-0.1, -0.05) is 22.9 Å². The molecule has 0 aliphatic rings. The number of nitrogens with zero attached hydrogens (tertiary/aromatic N) is 1. The minimum atomic E-state index is -0.187. The monoisotopic (exact) mass is 411 g/mol. The van der Waals surface area contributed by atoms with Crippen molar-refractivity contribution in [2.24, 2.45) is 0 Å². The van der Waals surface area contributed by atoms with Crippen LogP contribution in [0.3, 0.4) is 0 Å². The maximum absolute atomic E-state index is 12.2. The summed E-state index contributed by atoms with van der Waals surface area (Å²) in [5.74, 6) is 0.589. The fraction of sp³-hybridized carbons (Fsp3) is 0.200. The second-order valence-electron chi connectivity index (χ2n) is 4.44. The fourth-order valence-electron chi connectivity index (χ4n) is 1.67. The first-order valence-electron chi connectivity index (χ1n) is 6.56. The molecular weight excluding hydrogens is 398 g/mol. The van der Waals surface area contributed by atoms with Gasteiger partial charge in [0.25, 0.3) is 5.91 Å². The predicted octanol–water partition coefficient (Wildman–Crippen LogP) is 4.68. The van der Waals surface area contributed by atoms with E-state index < -0.39 is 0 Å². The van der Waals surface area contributed by atoms with E-state index in [1.54, 1.807) is 18.3 Å². The molecule has 0 atom stereocenters. The summed E-state index contributed by atoms with van der Waals surface area (Å²) in [7, 11) is 0.